The van der Waals surface area contributed by atoms with Crippen molar-refractivity contribution in [2.75, 3.05) is 17.7 Å². The Labute approximate surface area is 156 Å². The molecule has 26 heavy (non-hydrogen) atoms. The number of hydrogen-bond acceptors (Lipinski definition) is 5. The van der Waals surface area contributed by atoms with Crippen LogP contribution >= 0.6 is 11.6 Å². The maximum Gasteiger partial charge on any atom is 0.257 e. The number of rotatable bonds is 6. The first-order valence-electron chi connectivity index (χ1n) is 7.89. The largest absolute Gasteiger partial charge is 0.495 e. The predicted molar refractivity (Wildman–Crippen MR) is 100 cm³/mol. The van der Waals surface area contributed by atoms with Crippen LogP contribution in [0.15, 0.2) is 30.5 Å². The highest BCUT2D eigenvalue weighted by atomic mass is 35.5. The Morgan fingerprint density at radius 1 is 1.19 bits per heavy atom. The average molecular weight is 378 g/mol. The summed E-state index contributed by atoms with van der Waals surface area (Å²) in [7, 11) is 1.49. The number of aromatic nitrogens is 1. The highest BCUT2D eigenvalue weighted by Crippen LogP contribution is 2.28. The topological polar surface area (TPSA) is 89.6 Å². The van der Waals surface area contributed by atoms with E-state index < -0.39 is 5.91 Å². The van der Waals surface area contributed by atoms with Gasteiger partial charge in [-0.05, 0) is 38.1 Å². The van der Waals surface area contributed by atoms with E-state index in [1.165, 1.54) is 26.3 Å². The molecule has 0 aliphatic carbocycles. The van der Waals surface area contributed by atoms with Crippen molar-refractivity contribution in [2.45, 2.75) is 26.9 Å². The summed E-state index contributed by atoms with van der Waals surface area (Å²) in [6.07, 6.45) is 1.31. The smallest absolute Gasteiger partial charge is 0.257 e. The minimum absolute atomic E-state index is 0.0776. The van der Waals surface area contributed by atoms with Crippen molar-refractivity contribution in [3.63, 3.8) is 0 Å². The number of nitrogens with zero attached hydrogens (tertiary/aromatic N) is 1. The molecule has 138 valence electrons. The fourth-order valence-corrected chi connectivity index (χ4v) is 2.35. The maximum atomic E-state index is 12.4. The highest BCUT2D eigenvalue weighted by Gasteiger charge is 2.13. The summed E-state index contributed by atoms with van der Waals surface area (Å²) < 4.78 is 10.6. The summed E-state index contributed by atoms with van der Waals surface area (Å²) in [6, 6.07) is 6.39. The molecule has 2 aromatic rings. The molecule has 1 heterocycles. The summed E-state index contributed by atoms with van der Waals surface area (Å²) >= 11 is 6.11. The molecule has 0 aliphatic rings. The molecule has 0 fully saturated rings. The molecule has 0 radical (unpaired) electrons. The summed E-state index contributed by atoms with van der Waals surface area (Å²) in [6.45, 7) is 5.10. The lowest BCUT2D eigenvalue weighted by Gasteiger charge is -2.13. The number of methoxy groups -OCH3 is 1. The van der Waals surface area contributed by atoms with E-state index >= 15 is 0 Å². The van der Waals surface area contributed by atoms with Crippen molar-refractivity contribution in [3.8, 4) is 11.6 Å². The normalized spacial score (nSPS) is 10.4. The first-order valence-corrected chi connectivity index (χ1v) is 8.27. The van der Waals surface area contributed by atoms with Crippen LogP contribution in [0.4, 0.5) is 11.4 Å². The number of carbonyl (C=O) groups excluding carboxylic acids is 2. The Bertz CT molecular complexity index is 824. The second-order valence-corrected chi connectivity index (χ2v) is 6.14. The van der Waals surface area contributed by atoms with E-state index in [0.29, 0.717) is 17.1 Å². The Morgan fingerprint density at radius 2 is 1.92 bits per heavy atom. The van der Waals surface area contributed by atoms with E-state index in [2.05, 4.69) is 15.6 Å². The van der Waals surface area contributed by atoms with Gasteiger partial charge < -0.3 is 20.1 Å². The molecule has 2 N–H and O–H groups in total. The Kier molecular flexibility index (Phi) is 6.41. The summed E-state index contributed by atoms with van der Waals surface area (Å²) in [5, 5.41) is 5.62. The average Bonchev–Trinajstić information content (AvgIpc) is 2.56. The van der Waals surface area contributed by atoms with Gasteiger partial charge in [0.1, 0.15) is 10.8 Å². The molecular weight excluding hydrogens is 358 g/mol. The lowest BCUT2D eigenvalue weighted by molar-refractivity contribution is -0.114. The van der Waals surface area contributed by atoms with Crippen LogP contribution in [0.1, 0.15) is 31.1 Å². The number of nitrogens with one attached hydrogen (secondary N) is 2. The SMILES string of the molecule is COc1ccc(NC(=O)c2cnc(OC(C)C)c(Cl)c2)cc1NC(C)=O. The molecule has 0 atom stereocenters. The summed E-state index contributed by atoms with van der Waals surface area (Å²) in [5.74, 6) is 0.117. The van der Waals surface area contributed by atoms with Gasteiger partial charge in [-0.2, -0.15) is 0 Å². The third-order valence-corrected chi connectivity index (χ3v) is 3.46. The zero-order chi connectivity index (χ0) is 19.3. The predicted octanol–water partition coefficient (Wildman–Crippen LogP) is 3.74. The lowest BCUT2D eigenvalue weighted by Crippen LogP contribution is -2.14. The molecule has 0 spiro atoms. The van der Waals surface area contributed by atoms with E-state index in [0.717, 1.165) is 0 Å². The van der Waals surface area contributed by atoms with E-state index in [4.69, 9.17) is 21.1 Å². The van der Waals surface area contributed by atoms with Gasteiger partial charge in [-0.1, -0.05) is 11.6 Å². The fraction of sp³-hybridized carbons (Fsp3) is 0.278. The number of carbonyl (C=O) groups is 2. The van der Waals surface area contributed by atoms with Gasteiger partial charge in [-0.25, -0.2) is 4.98 Å². The van der Waals surface area contributed by atoms with Crippen LogP contribution in [0.5, 0.6) is 11.6 Å². The van der Waals surface area contributed by atoms with Gasteiger partial charge in [0.2, 0.25) is 11.8 Å². The van der Waals surface area contributed by atoms with E-state index in [1.807, 2.05) is 13.8 Å². The van der Waals surface area contributed by atoms with Crippen molar-refractivity contribution >= 4 is 34.8 Å². The van der Waals surface area contributed by atoms with Gasteiger partial charge >= 0.3 is 0 Å². The van der Waals surface area contributed by atoms with E-state index in [1.54, 1.807) is 18.2 Å². The molecule has 2 amide bonds. The quantitative estimate of drug-likeness (QED) is 0.800. The number of benzene rings is 1. The molecule has 1 aromatic carbocycles. The van der Waals surface area contributed by atoms with Crippen molar-refractivity contribution in [1.29, 1.82) is 0 Å². The van der Waals surface area contributed by atoms with Crippen LogP contribution in [0, 0.1) is 0 Å². The van der Waals surface area contributed by atoms with Gasteiger partial charge in [0.15, 0.2) is 0 Å². The van der Waals surface area contributed by atoms with Crippen molar-refractivity contribution in [3.05, 3.63) is 41.0 Å². The van der Waals surface area contributed by atoms with Gasteiger partial charge in [-0.3, -0.25) is 9.59 Å². The van der Waals surface area contributed by atoms with Crippen molar-refractivity contribution in [2.24, 2.45) is 0 Å². The lowest BCUT2D eigenvalue weighted by atomic mass is 10.2. The van der Waals surface area contributed by atoms with Gasteiger partial charge in [0.25, 0.3) is 5.91 Å². The summed E-state index contributed by atoms with van der Waals surface area (Å²) in [4.78, 5) is 27.8. The minimum Gasteiger partial charge on any atom is -0.495 e. The van der Waals surface area contributed by atoms with Crippen molar-refractivity contribution < 1.29 is 19.1 Å². The van der Waals surface area contributed by atoms with Gasteiger partial charge in [0.05, 0.1) is 24.5 Å². The van der Waals surface area contributed by atoms with Crippen LogP contribution in [-0.4, -0.2) is 30.0 Å². The van der Waals surface area contributed by atoms with Crippen LogP contribution in [0.3, 0.4) is 0 Å². The minimum atomic E-state index is -0.394. The van der Waals surface area contributed by atoms with Gasteiger partial charge in [0, 0.05) is 18.8 Å². The molecule has 0 saturated carbocycles. The molecule has 2 rings (SSSR count). The number of halogens is 1. The molecule has 0 saturated heterocycles. The molecule has 0 aliphatic heterocycles. The Hall–Kier alpha value is -2.80. The van der Waals surface area contributed by atoms with Crippen LogP contribution in [0.2, 0.25) is 5.02 Å². The number of ether oxygens (including phenoxy) is 2. The number of amides is 2. The Morgan fingerprint density at radius 3 is 2.50 bits per heavy atom. The second-order valence-electron chi connectivity index (χ2n) is 5.73. The molecule has 0 unspecified atom stereocenters. The van der Waals surface area contributed by atoms with Gasteiger partial charge in [-0.15, -0.1) is 0 Å². The monoisotopic (exact) mass is 377 g/mol. The van der Waals surface area contributed by atoms with E-state index in [9.17, 15) is 9.59 Å². The molecule has 1 aromatic heterocycles. The number of pyridine rings is 1. The summed E-state index contributed by atoms with van der Waals surface area (Å²) in [5.41, 5.74) is 1.22. The zero-order valence-corrected chi connectivity index (χ0v) is 15.7. The molecule has 8 heteroatoms. The van der Waals surface area contributed by atoms with E-state index in [-0.39, 0.29) is 28.5 Å². The highest BCUT2D eigenvalue weighted by molar-refractivity contribution is 6.32. The van der Waals surface area contributed by atoms with Crippen molar-refractivity contribution in [1.82, 2.24) is 4.98 Å². The number of hydrogen-bond donors (Lipinski definition) is 2. The third kappa shape index (κ3) is 5.10. The van der Waals surface area contributed by atoms with Crippen LogP contribution < -0.4 is 20.1 Å². The zero-order valence-electron chi connectivity index (χ0n) is 14.9. The molecular formula is C18H20ClN3O4. The first-order chi connectivity index (χ1) is 12.3. The third-order valence-electron chi connectivity index (χ3n) is 3.18. The standard InChI is InChI=1S/C18H20ClN3O4/c1-10(2)26-18-14(19)7-12(9-20-18)17(24)22-13-5-6-16(25-4)15(8-13)21-11(3)23/h5-10H,1-4H3,(H,21,23)(H,22,24). The van der Waals surface area contributed by atoms with Crippen LogP contribution in [-0.2, 0) is 4.79 Å². The molecule has 0 bridgehead atoms. The second kappa shape index (κ2) is 8.53. The van der Waals surface area contributed by atoms with Crippen LogP contribution in [0.25, 0.3) is 0 Å². The first kappa shape index (κ1) is 19.5. The Balaban J connectivity index is 2.19. The molecule has 7 nitrogen and oxygen atoms in total. The number of anilines is 2. The maximum absolute atomic E-state index is 12.4. The fourth-order valence-electron chi connectivity index (χ4n) is 2.14.